The number of halogens is 1. The molecule has 0 unspecified atom stereocenters. The quantitative estimate of drug-likeness (QED) is 0.819. The molecule has 0 spiro atoms. The lowest BCUT2D eigenvalue weighted by Crippen LogP contribution is -2.33. The summed E-state index contributed by atoms with van der Waals surface area (Å²) in [6, 6.07) is 7.01. The van der Waals surface area contributed by atoms with Crippen LogP contribution in [0.3, 0.4) is 0 Å². The average Bonchev–Trinajstić information content (AvgIpc) is 2.95. The zero-order chi connectivity index (χ0) is 16.8. The van der Waals surface area contributed by atoms with E-state index in [1.807, 2.05) is 11.9 Å². The van der Waals surface area contributed by atoms with Crippen LogP contribution in [-0.4, -0.2) is 74.4 Å². The van der Waals surface area contributed by atoms with Crippen LogP contribution in [0.15, 0.2) is 24.3 Å². The molecule has 1 saturated heterocycles. The Balaban J connectivity index is 1.99. The largest absolute Gasteiger partial charge is 0.396 e. The summed E-state index contributed by atoms with van der Waals surface area (Å²) in [5, 5.41) is 10.2. The first kappa shape index (κ1) is 18.2. The molecule has 0 aliphatic carbocycles. The first-order chi connectivity index (χ1) is 11.0. The Morgan fingerprint density at radius 3 is 2.83 bits per heavy atom. The summed E-state index contributed by atoms with van der Waals surface area (Å²) in [5.41, 5.74) is 0.600. The molecule has 1 aromatic carbocycles. The number of benzene rings is 1. The van der Waals surface area contributed by atoms with Crippen LogP contribution in [0.1, 0.15) is 10.4 Å². The molecule has 1 N–H and O–H groups in total. The van der Waals surface area contributed by atoms with Crippen molar-refractivity contribution in [3.05, 3.63) is 34.9 Å². The van der Waals surface area contributed by atoms with Gasteiger partial charge in [-0.1, -0.05) is 17.7 Å². The Hall–Kier alpha value is -1.14. The number of nitrogens with zero attached hydrogens (tertiary/aromatic N) is 2. The molecule has 1 amide bonds. The van der Waals surface area contributed by atoms with Crippen LogP contribution in [0.4, 0.5) is 0 Å². The lowest BCUT2D eigenvalue weighted by molar-refractivity contribution is 0.0778. The highest BCUT2D eigenvalue weighted by molar-refractivity contribution is 6.30. The maximum Gasteiger partial charge on any atom is 0.253 e. The molecule has 0 aromatic heterocycles. The van der Waals surface area contributed by atoms with Crippen molar-refractivity contribution >= 4 is 17.5 Å². The van der Waals surface area contributed by atoms with Crippen molar-refractivity contribution in [2.45, 2.75) is 0 Å². The molecule has 2 rings (SSSR count). The molecule has 128 valence electrons. The van der Waals surface area contributed by atoms with Gasteiger partial charge in [-0.05, 0) is 31.2 Å². The third-order valence-corrected chi connectivity index (χ3v) is 4.63. The predicted molar refractivity (Wildman–Crippen MR) is 90.8 cm³/mol. The normalized spacial score (nSPS) is 21.2. The maximum atomic E-state index is 12.6. The number of aliphatic hydroxyl groups excluding tert-OH is 1. The lowest BCUT2D eigenvalue weighted by Gasteiger charge is -2.23. The number of likely N-dealkylation sites (N-methyl/N-ethyl adjacent to an activating group) is 1. The second kappa shape index (κ2) is 8.64. The number of ether oxygens (including phenoxy) is 1. The molecule has 23 heavy (non-hydrogen) atoms. The maximum absolute atomic E-state index is 12.6. The molecule has 6 heteroatoms. The summed E-state index contributed by atoms with van der Waals surface area (Å²) in [4.78, 5) is 16.6. The molecule has 1 fully saturated rings. The van der Waals surface area contributed by atoms with Gasteiger partial charge in [0.2, 0.25) is 0 Å². The fraction of sp³-hybridized carbons (Fsp3) is 0.588. The molecule has 0 saturated carbocycles. The average molecular weight is 341 g/mol. The van der Waals surface area contributed by atoms with E-state index in [1.54, 1.807) is 31.4 Å². The van der Waals surface area contributed by atoms with Crippen molar-refractivity contribution in [3.63, 3.8) is 0 Å². The fourth-order valence-electron chi connectivity index (χ4n) is 3.06. The molecule has 0 bridgehead atoms. The first-order valence-corrected chi connectivity index (χ1v) is 8.26. The SMILES string of the molecule is COCCN(C)C[C@@H]1CN(C(=O)c2cccc(Cl)c2)C[C@@H]1CO. The number of likely N-dealkylation sites (tertiary alicyclic amines) is 1. The highest BCUT2D eigenvalue weighted by Gasteiger charge is 2.35. The van der Waals surface area contributed by atoms with Gasteiger partial charge in [0.05, 0.1) is 6.61 Å². The molecule has 0 radical (unpaired) electrons. The van der Waals surface area contributed by atoms with Crippen molar-refractivity contribution in [2.24, 2.45) is 11.8 Å². The van der Waals surface area contributed by atoms with E-state index in [0.717, 1.165) is 13.1 Å². The van der Waals surface area contributed by atoms with Crippen molar-refractivity contribution in [2.75, 3.05) is 53.6 Å². The Morgan fingerprint density at radius 2 is 2.17 bits per heavy atom. The van der Waals surface area contributed by atoms with Gasteiger partial charge in [-0.3, -0.25) is 4.79 Å². The van der Waals surface area contributed by atoms with Gasteiger partial charge in [-0.2, -0.15) is 0 Å². The Morgan fingerprint density at radius 1 is 1.43 bits per heavy atom. The smallest absolute Gasteiger partial charge is 0.253 e. The van der Waals surface area contributed by atoms with Crippen molar-refractivity contribution < 1.29 is 14.6 Å². The third kappa shape index (κ3) is 4.91. The monoisotopic (exact) mass is 340 g/mol. The molecule has 1 aliphatic rings. The van der Waals surface area contributed by atoms with Gasteiger partial charge < -0.3 is 19.6 Å². The van der Waals surface area contributed by atoms with E-state index < -0.39 is 0 Å². The van der Waals surface area contributed by atoms with E-state index in [4.69, 9.17) is 16.3 Å². The number of methoxy groups -OCH3 is 1. The minimum atomic E-state index is -0.0204. The molecule has 2 atom stereocenters. The first-order valence-electron chi connectivity index (χ1n) is 7.88. The number of rotatable bonds is 7. The predicted octanol–water partition coefficient (Wildman–Crippen LogP) is 1.60. The lowest BCUT2D eigenvalue weighted by atomic mass is 9.96. The molecule has 1 aliphatic heterocycles. The van der Waals surface area contributed by atoms with Crippen LogP contribution >= 0.6 is 11.6 Å². The second-order valence-electron chi connectivity index (χ2n) is 6.18. The zero-order valence-corrected chi connectivity index (χ0v) is 14.5. The van der Waals surface area contributed by atoms with E-state index in [1.165, 1.54) is 0 Å². The summed E-state index contributed by atoms with van der Waals surface area (Å²) in [5.74, 6) is 0.362. The summed E-state index contributed by atoms with van der Waals surface area (Å²) in [6.07, 6.45) is 0. The standard InChI is InChI=1S/C17H25ClN2O3/c1-19(6-7-23-2)9-14-10-20(11-15(14)12-21)17(22)13-4-3-5-16(18)8-13/h3-5,8,14-15,21H,6-7,9-12H2,1-2H3/t14-,15-/m1/s1. The Kier molecular flexibility index (Phi) is 6.84. The highest BCUT2D eigenvalue weighted by atomic mass is 35.5. The van der Waals surface area contributed by atoms with Gasteiger partial charge in [-0.25, -0.2) is 0 Å². The van der Waals surface area contributed by atoms with Crippen molar-refractivity contribution in [1.82, 2.24) is 9.80 Å². The summed E-state index contributed by atoms with van der Waals surface area (Å²) in [7, 11) is 3.72. The van der Waals surface area contributed by atoms with Crippen LogP contribution in [0.25, 0.3) is 0 Å². The Bertz CT molecular complexity index is 526. The third-order valence-electron chi connectivity index (χ3n) is 4.39. The molecule has 1 heterocycles. The van der Waals surface area contributed by atoms with E-state index >= 15 is 0 Å². The minimum absolute atomic E-state index is 0.0204. The van der Waals surface area contributed by atoms with Gasteiger partial charge >= 0.3 is 0 Å². The number of carbonyl (C=O) groups excluding carboxylic acids is 1. The molecular weight excluding hydrogens is 316 g/mol. The Labute approximate surface area is 142 Å². The van der Waals surface area contributed by atoms with E-state index in [-0.39, 0.29) is 24.3 Å². The zero-order valence-electron chi connectivity index (χ0n) is 13.7. The summed E-state index contributed by atoms with van der Waals surface area (Å²) in [6.45, 7) is 3.71. The van der Waals surface area contributed by atoms with Gasteiger partial charge in [-0.15, -0.1) is 0 Å². The molecule has 1 aromatic rings. The number of hydrogen-bond donors (Lipinski definition) is 1. The molecule has 5 nitrogen and oxygen atoms in total. The van der Waals surface area contributed by atoms with E-state index in [0.29, 0.717) is 30.3 Å². The summed E-state index contributed by atoms with van der Waals surface area (Å²) < 4.78 is 5.09. The summed E-state index contributed by atoms with van der Waals surface area (Å²) >= 11 is 5.97. The van der Waals surface area contributed by atoms with Gasteiger partial charge in [0.1, 0.15) is 0 Å². The van der Waals surface area contributed by atoms with Crippen molar-refractivity contribution in [1.29, 1.82) is 0 Å². The highest BCUT2D eigenvalue weighted by Crippen LogP contribution is 2.26. The number of carbonyl (C=O) groups is 1. The van der Waals surface area contributed by atoms with Gasteiger partial charge in [0.15, 0.2) is 0 Å². The topological polar surface area (TPSA) is 53.0 Å². The van der Waals surface area contributed by atoms with Crippen LogP contribution in [0.2, 0.25) is 5.02 Å². The number of aliphatic hydroxyl groups is 1. The van der Waals surface area contributed by atoms with Crippen LogP contribution in [0, 0.1) is 11.8 Å². The fourth-order valence-corrected chi connectivity index (χ4v) is 3.25. The number of amides is 1. The van der Waals surface area contributed by atoms with Crippen LogP contribution in [-0.2, 0) is 4.74 Å². The van der Waals surface area contributed by atoms with E-state index in [2.05, 4.69) is 4.90 Å². The minimum Gasteiger partial charge on any atom is -0.396 e. The van der Waals surface area contributed by atoms with Crippen LogP contribution in [0.5, 0.6) is 0 Å². The number of hydrogen-bond acceptors (Lipinski definition) is 4. The van der Waals surface area contributed by atoms with Crippen molar-refractivity contribution in [3.8, 4) is 0 Å². The van der Waals surface area contributed by atoms with E-state index in [9.17, 15) is 9.90 Å². The van der Waals surface area contributed by atoms with Crippen LogP contribution < -0.4 is 0 Å². The molecular formula is C17H25ClN2O3. The van der Waals surface area contributed by atoms with Gasteiger partial charge in [0, 0.05) is 56.4 Å². The second-order valence-corrected chi connectivity index (χ2v) is 6.61. The van der Waals surface area contributed by atoms with Gasteiger partial charge in [0.25, 0.3) is 5.91 Å².